The lowest BCUT2D eigenvalue weighted by atomic mass is 10.1. The van der Waals surface area contributed by atoms with Gasteiger partial charge in [-0.3, -0.25) is 0 Å². The maximum atomic E-state index is 6.21. The predicted octanol–water partition coefficient (Wildman–Crippen LogP) is 4.70. The molecule has 0 bridgehead atoms. The van der Waals surface area contributed by atoms with E-state index in [0.29, 0.717) is 10.9 Å². The second kappa shape index (κ2) is 5.72. The molecule has 0 saturated heterocycles. The van der Waals surface area contributed by atoms with Crippen molar-refractivity contribution >= 4 is 22.4 Å². The standard InChI is InChI=1S/C17H15ClN2O/c1-11(19)12-8-9-20-17(10-12)21-16-7-6-15(18)13-4-2-3-5-14(13)16/h2-11H,19H2,1H3/t11-/m0/s1. The fraction of sp³-hybridized carbons (Fsp3) is 0.118. The molecule has 21 heavy (non-hydrogen) atoms. The highest BCUT2D eigenvalue weighted by atomic mass is 35.5. The molecule has 0 amide bonds. The number of fused-ring (bicyclic) bond motifs is 1. The number of hydrogen-bond acceptors (Lipinski definition) is 3. The van der Waals surface area contributed by atoms with Gasteiger partial charge in [-0.15, -0.1) is 0 Å². The zero-order chi connectivity index (χ0) is 14.8. The van der Waals surface area contributed by atoms with Crippen molar-refractivity contribution < 1.29 is 4.74 Å². The molecule has 0 spiro atoms. The van der Waals surface area contributed by atoms with Crippen molar-refractivity contribution in [1.29, 1.82) is 0 Å². The number of benzene rings is 2. The summed E-state index contributed by atoms with van der Waals surface area (Å²) in [6.45, 7) is 1.93. The highest BCUT2D eigenvalue weighted by Crippen LogP contribution is 2.33. The number of nitrogens with zero attached hydrogens (tertiary/aromatic N) is 1. The van der Waals surface area contributed by atoms with Gasteiger partial charge in [0.25, 0.3) is 0 Å². The number of nitrogens with two attached hydrogens (primary N) is 1. The van der Waals surface area contributed by atoms with Crippen LogP contribution in [0.5, 0.6) is 11.6 Å². The zero-order valence-electron chi connectivity index (χ0n) is 11.6. The van der Waals surface area contributed by atoms with Crippen molar-refractivity contribution in [1.82, 2.24) is 4.98 Å². The molecular weight excluding hydrogens is 284 g/mol. The fourth-order valence-corrected chi connectivity index (χ4v) is 2.43. The summed E-state index contributed by atoms with van der Waals surface area (Å²) in [6, 6.07) is 15.2. The highest BCUT2D eigenvalue weighted by Gasteiger charge is 2.08. The third-order valence-electron chi connectivity index (χ3n) is 3.33. The minimum absolute atomic E-state index is 0.0580. The fourth-order valence-electron chi connectivity index (χ4n) is 2.20. The van der Waals surface area contributed by atoms with Gasteiger partial charge in [-0.05, 0) is 30.7 Å². The van der Waals surface area contributed by atoms with E-state index in [1.54, 1.807) is 6.20 Å². The van der Waals surface area contributed by atoms with Crippen LogP contribution >= 0.6 is 11.6 Å². The quantitative estimate of drug-likeness (QED) is 0.762. The second-order valence-corrected chi connectivity index (χ2v) is 5.32. The molecule has 0 aliphatic heterocycles. The summed E-state index contributed by atoms with van der Waals surface area (Å²) in [7, 11) is 0. The first-order chi connectivity index (χ1) is 10.1. The third-order valence-corrected chi connectivity index (χ3v) is 3.66. The van der Waals surface area contributed by atoms with Crippen LogP contribution in [0.3, 0.4) is 0 Å². The van der Waals surface area contributed by atoms with Crippen molar-refractivity contribution in [2.45, 2.75) is 13.0 Å². The third kappa shape index (κ3) is 2.84. The average molecular weight is 299 g/mol. The molecular formula is C17H15ClN2O. The molecule has 0 unspecified atom stereocenters. The van der Waals surface area contributed by atoms with Crippen LogP contribution < -0.4 is 10.5 Å². The van der Waals surface area contributed by atoms with E-state index in [4.69, 9.17) is 22.1 Å². The van der Waals surface area contributed by atoms with Gasteiger partial charge in [-0.25, -0.2) is 4.98 Å². The van der Waals surface area contributed by atoms with Gasteiger partial charge >= 0.3 is 0 Å². The summed E-state index contributed by atoms with van der Waals surface area (Å²) in [5, 5.41) is 2.62. The Bertz CT molecular complexity index is 787. The van der Waals surface area contributed by atoms with E-state index >= 15 is 0 Å². The van der Waals surface area contributed by atoms with E-state index < -0.39 is 0 Å². The van der Waals surface area contributed by atoms with Gasteiger partial charge in [0.1, 0.15) is 5.75 Å². The van der Waals surface area contributed by atoms with Gasteiger partial charge in [0.05, 0.1) is 0 Å². The molecule has 0 aliphatic rings. The maximum absolute atomic E-state index is 6.21. The molecule has 0 aliphatic carbocycles. The summed E-state index contributed by atoms with van der Waals surface area (Å²) < 4.78 is 5.91. The predicted molar refractivity (Wildman–Crippen MR) is 85.9 cm³/mol. The van der Waals surface area contributed by atoms with E-state index in [1.807, 2.05) is 55.5 Å². The summed E-state index contributed by atoms with van der Waals surface area (Å²) in [4.78, 5) is 4.24. The normalized spacial score (nSPS) is 12.3. The lowest BCUT2D eigenvalue weighted by Gasteiger charge is -2.11. The van der Waals surface area contributed by atoms with Gasteiger partial charge in [0.2, 0.25) is 5.88 Å². The van der Waals surface area contributed by atoms with Gasteiger partial charge in [0.15, 0.2) is 0 Å². The number of hydrogen-bond donors (Lipinski definition) is 1. The van der Waals surface area contributed by atoms with Gasteiger partial charge < -0.3 is 10.5 Å². The van der Waals surface area contributed by atoms with Crippen LogP contribution in [0.15, 0.2) is 54.7 Å². The Hall–Kier alpha value is -2.10. The first-order valence-electron chi connectivity index (χ1n) is 6.72. The van der Waals surface area contributed by atoms with Gasteiger partial charge in [0, 0.05) is 34.1 Å². The molecule has 0 saturated carbocycles. The molecule has 4 heteroatoms. The number of halogens is 1. The number of pyridine rings is 1. The minimum atomic E-state index is -0.0580. The van der Waals surface area contributed by atoms with Crippen molar-refractivity contribution in [3.05, 3.63) is 65.3 Å². The molecule has 2 aromatic carbocycles. The van der Waals surface area contributed by atoms with Crippen molar-refractivity contribution in [2.24, 2.45) is 5.73 Å². The number of ether oxygens (including phenoxy) is 1. The van der Waals surface area contributed by atoms with Gasteiger partial charge in [-0.1, -0.05) is 35.9 Å². The Morgan fingerprint density at radius 3 is 2.62 bits per heavy atom. The minimum Gasteiger partial charge on any atom is -0.438 e. The molecule has 1 atom stereocenters. The SMILES string of the molecule is C[C@H](N)c1ccnc(Oc2ccc(Cl)c3ccccc23)c1. The summed E-state index contributed by atoms with van der Waals surface area (Å²) in [5.74, 6) is 1.25. The van der Waals surface area contributed by atoms with Crippen molar-refractivity contribution in [2.75, 3.05) is 0 Å². The van der Waals surface area contributed by atoms with E-state index in [1.165, 1.54) is 0 Å². The summed E-state index contributed by atoms with van der Waals surface area (Å²) in [6.07, 6.45) is 1.70. The first-order valence-corrected chi connectivity index (χ1v) is 7.09. The lowest BCUT2D eigenvalue weighted by molar-refractivity contribution is 0.467. The van der Waals surface area contributed by atoms with Crippen LogP contribution in [0.25, 0.3) is 10.8 Å². The summed E-state index contributed by atoms with van der Waals surface area (Å²) >= 11 is 6.21. The first kappa shape index (κ1) is 13.9. The molecule has 3 rings (SSSR count). The molecule has 0 radical (unpaired) electrons. The van der Waals surface area contributed by atoms with E-state index in [0.717, 1.165) is 22.1 Å². The number of rotatable bonds is 3. The zero-order valence-corrected chi connectivity index (χ0v) is 12.3. The average Bonchev–Trinajstić information content (AvgIpc) is 2.51. The molecule has 3 aromatic rings. The van der Waals surface area contributed by atoms with E-state index in [2.05, 4.69) is 4.98 Å². The van der Waals surface area contributed by atoms with Crippen LogP contribution in [0, 0.1) is 0 Å². The molecule has 1 heterocycles. The van der Waals surface area contributed by atoms with E-state index in [-0.39, 0.29) is 6.04 Å². The van der Waals surface area contributed by atoms with Gasteiger partial charge in [-0.2, -0.15) is 0 Å². The second-order valence-electron chi connectivity index (χ2n) is 4.91. The molecule has 1 aromatic heterocycles. The van der Waals surface area contributed by atoms with Crippen LogP contribution in [-0.4, -0.2) is 4.98 Å². The van der Waals surface area contributed by atoms with Crippen LogP contribution in [-0.2, 0) is 0 Å². The highest BCUT2D eigenvalue weighted by molar-refractivity contribution is 6.35. The summed E-state index contributed by atoms with van der Waals surface area (Å²) in [5.41, 5.74) is 6.87. The van der Waals surface area contributed by atoms with Crippen molar-refractivity contribution in [3.8, 4) is 11.6 Å². The maximum Gasteiger partial charge on any atom is 0.219 e. The molecule has 2 N–H and O–H groups in total. The van der Waals surface area contributed by atoms with Crippen LogP contribution in [0.1, 0.15) is 18.5 Å². The topological polar surface area (TPSA) is 48.1 Å². The Balaban J connectivity index is 2.02. The smallest absolute Gasteiger partial charge is 0.219 e. The van der Waals surface area contributed by atoms with Crippen molar-refractivity contribution in [3.63, 3.8) is 0 Å². The van der Waals surface area contributed by atoms with Crippen LogP contribution in [0.2, 0.25) is 5.02 Å². The largest absolute Gasteiger partial charge is 0.438 e. The Labute approximate surface area is 128 Å². The Morgan fingerprint density at radius 2 is 1.86 bits per heavy atom. The Kier molecular flexibility index (Phi) is 3.78. The Morgan fingerprint density at radius 1 is 1.10 bits per heavy atom. The van der Waals surface area contributed by atoms with E-state index in [9.17, 15) is 0 Å². The lowest BCUT2D eigenvalue weighted by Crippen LogP contribution is -2.05. The monoisotopic (exact) mass is 298 g/mol. The molecule has 0 fully saturated rings. The molecule has 3 nitrogen and oxygen atoms in total. The van der Waals surface area contributed by atoms with Crippen LogP contribution in [0.4, 0.5) is 0 Å². The number of aromatic nitrogens is 1. The molecule has 106 valence electrons.